The largest absolute Gasteiger partial charge is 0.365 e. The first-order valence-electron chi connectivity index (χ1n) is 2.85. The fraction of sp³-hybridized carbons (Fsp3) is 0.200. The van der Waals surface area contributed by atoms with Crippen LogP contribution >= 0.6 is 11.6 Å². The van der Waals surface area contributed by atoms with Crippen LogP contribution in [-0.2, 0) is 0 Å². The zero-order chi connectivity index (χ0) is 9.30. The summed E-state index contributed by atoms with van der Waals surface area (Å²) in [5.74, 6) is -0.882. The number of halogens is 3. The molecule has 0 spiro atoms. The first kappa shape index (κ1) is 8.92. The fourth-order valence-corrected chi connectivity index (χ4v) is 0.864. The van der Waals surface area contributed by atoms with E-state index in [0.29, 0.717) is 0 Å². The van der Waals surface area contributed by atoms with Gasteiger partial charge in [-0.05, 0) is 0 Å². The molecule has 1 rings (SSSR count). The summed E-state index contributed by atoms with van der Waals surface area (Å²) in [5, 5.41) is 2.85. The molecular weight excluding hydrogens is 192 g/mol. The molecule has 0 saturated heterocycles. The SMILES string of the molecule is NC(=O)c1cn(C(F)F)nc1Cl. The number of alkyl halides is 2. The molecule has 0 aromatic carbocycles. The first-order valence-corrected chi connectivity index (χ1v) is 3.22. The van der Waals surface area contributed by atoms with Crippen molar-refractivity contribution in [3.8, 4) is 0 Å². The summed E-state index contributed by atoms with van der Waals surface area (Å²) in [6.07, 6.45) is 0.801. The van der Waals surface area contributed by atoms with Crippen LogP contribution < -0.4 is 5.73 Å². The van der Waals surface area contributed by atoms with Gasteiger partial charge in [0.15, 0.2) is 5.15 Å². The van der Waals surface area contributed by atoms with Crippen molar-refractivity contribution in [3.05, 3.63) is 16.9 Å². The molecule has 0 saturated carbocycles. The molecule has 66 valence electrons. The third kappa shape index (κ3) is 1.53. The van der Waals surface area contributed by atoms with Crippen molar-refractivity contribution < 1.29 is 13.6 Å². The van der Waals surface area contributed by atoms with Crippen molar-refractivity contribution in [3.63, 3.8) is 0 Å². The Kier molecular flexibility index (Phi) is 2.27. The smallest absolute Gasteiger partial charge is 0.333 e. The van der Waals surface area contributed by atoms with Crippen LogP contribution in [-0.4, -0.2) is 15.7 Å². The van der Waals surface area contributed by atoms with Gasteiger partial charge in [-0.1, -0.05) is 11.6 Å². The molecule has 7 heteroatoms. The second kappa shape index (κ2) is 3.06. The molecule has 4 nitrogen and oxygen atoms in total. The Balaban J connectivity index is 3.09. The first-order chi connectivity index (χ1) is 5.52. The van der Waals surface area contributed by atoms with Crippen LogP contribution in [0.3, 0.4) is 0 Å². The quantitative estimate of drug-likeness (QED) is 0.766. The summed E-state index contributed by atoms with van der Waals surface area (Å²) in [6, 6.07) is 0. The maximum atomic E-state index is 11.9. The predicted octanol–water partition coefficient (Wildman–Crippen LogP) is 1.03. The topological polar surface area (TPSA) is 60.9 Å². The van der Waals surface area contributed by atoms with Crippen LogP contribution in [0, 0.1) is 0 Å². The fourth-order valence-electron chi connectivity index (χ4n) is 0.635. The van der Waals surface area contributed by atoms with Gasteiger partial charge in [0.2, 0.25) is 0 Å². The van der Waals surface area contributed by atoms with Crippen molar-refractivity contribution in [1.29, 1.82) is 0 Å². The Morgan fingerprint density at radius 3 is 2.58 bits per heavy atom. The lowest BCUT2D eigenvalue weighted by atomic mass is 10.3. The standard InChI is InChI=1S/C5H4ClF2N3O/c6-3-2(4(9)12)1-11(10-3)5(7)8/h1,5H,(H2,9,12). The zero-order valence-corrected chi connectivity index (χ0v) is 6.42. The van der Waals surface area contributed by atoms with Gasteiger partial charge in [-0.2, -0.15) is 13.9 Å². The third-order valence-corrected chi connectivity index (χ3v) is 1.43. The number of hydrogen-bond acceptors (Lipinski definition) is 2. The van der Waals surface area contributed by atoms with Crippen LogP contribution in [0.2, 0.25) is 5.15 Å². The molecule has 0 bridgehead atoms. The van der Waals surface area contributed by atoms with E-state index in [1.165, 1.54) is 0 Å². The van der Waals surface area contributed by atoms with Gasteiger partial charge >= 0.3 is 6.55 Å². The van der Waals surface area contributed by atoms with E-state index in [-0.39, 0.29) is 15.4 Å². The molecule has 0 aliphatic carbocycles. The molecule has 2 N–H and O–H groups in total. The van der Waals surface area contributed by atoms with E-state index in [9.17, 15) is 13.6 Å². The summed E-state index contributed by atoms with van der Waals surface area (Å²) in [7, 11) is 0. The van der Waals surface area contributed by atoms with Crippen LogP contribution in [0.5, 0.6) is 0 Å². The molecule has 0 fully saturated rings. The van der Waals surface area contributed by atoms with E-state index in [1.54, 1.807) is 0 Å². The van der Waals surface area contributed by atoms with Crippen LogP contribution in [0.4, 0.5) is 8.78 Å². The predicted molar refractivity (Wildman–Crippen MR) is 37.0 cm³/mol. The minimum Gasteiger partial charge on any atom is -0.365 e. The van der Waals surface area contributed by atoms with Crippen molar-refractivity contribution in [2.45, 2.75) is 6.55 Å². The van der Waals surface area contributed by atoms with E-state index in [4.69, 9.17) is 17.3 Å². The lowest BCUT2D eigenvalue weighted by molar-refractivity contribution is 0.0565. The van der Waals surface area contributed by atoms with Crippen molar-refractivity contribution in [2.75, 3.05) is 0 Å². The Morgan fingerprint density at radius 1 is 1.75 bits per heavy atom. The highest BCUT2D eigenvalue weighted by Gasteiger charge is 2.15. The number of primary amides is 1. The second-order valence-corrected chi connectivity index (χ2v) is 2.31. The zero-order valence-electron chi connectivity index (χ0n) is 5.67. The van der Waals surface area contributed by atoms with Gasteiger partial charge in [0, 0.05) is 6.20 Å². The highest BCUT2D eigenvalue weighted by Crippen LogP contribution is 2.16. The number of hydrogen-bond donors (Lipinski definition) is 1. The molecule has 0 radical (unpaired) electrons. The summed E-state index contributed by atoms with van der Waals surface area (Å²) in [6.45, 7) is -2.82. The maximum absolute atomic E-state index is 11.9. The van der Waals surface area contributed by atoms with Gasteiger partial charge in [-0.15, -0.1) is 0 Å². The minimum atomic E-state index is -2.82. The molecule has 0 atom stereocenters. The highest BCUT2D eigenvalue weighted by molar-refractivity contribution is 6.32. The number of amides is 1. The van der Waals surface area contributed by atoms with Gasteiger partial charge in [0.25, 0.3) is 5.91 Å². The number of rotatable bonds is 2. The molecule has 0 aliphatic rings. The Morgan fingerprint density at radius 2 is 2.33 bits per heavy atom. The number of nitrogens with zero attached hydrogens (tertiary/aromatic N) is 2. The van der Waals surface area contributed by atoms with E-state index in [1.807, 2.05) is 0 Å². The Labute approximate surface area is 70.9 Å². The monoisotopic (exact) mass is 195 g/mol. The van der Waals surface area contributed by atoms with E-state index >= 15 is 0 Å². The molecular formula is C5H4ClF2N3O. The van der Waals surface area contributed by atoms with Gasteiger partial charge in [0.05, 0.1) is 5.56 Å². The van der Waals surface area contributed by atoms with E-state index in [0.717, 1.165) is 6.20 Å². The van der Waals surface area contributed by atoms with Gasteiger partial charge in [0.1, 0.15) is 0 Å². The molecule has 1 aromatic heterocycles. The average Bonchev–Trinajstić information content (AvgIpc) is 2.30. The summed E-state index contributed by atoms with van der Waals surface area (Å²) in [4.78, 5) is 10.5. The maximum Gasteiger partial charge on any atom is 0.333 e. The van der Waals surface area contributed by atoms with Crippen molar-refractivity contribution in [1.82, 2.24) is 9.78 Å². The second-order valence-electron chi connectivity index (χ2n) is 1.96. The molecule has 1 aromatic rings. The summed E-state index contributed by atoms with van der Waals surface area (Å²) >= 11 is 5.32. The number of aromatic nitrogens is 2. The normalized spacial score (nSPS) is 10.7. The third-order valence-electron chi connectivity index (χ3n) is 1.15. The van der Waals surface area contributed by atoms with Crippen LogP contribution in [0.15, 0.2) is 6.20 Å². The summed E-state index contributed by atoms with van der Waals surface area (Å²) < 4.78 is 24.1. The Bertz CT molecular complexity index is 312. The number of carbonyl (C=O) groups is 1. The lowest BCUT2D eigenvalue weighted by Gasteiger charge is -1.94. The molecule has 0 aliphatic heterocycles. The van der Waals surface area contributed by atoms with Gasteiger partial charge in [-0.3, -0.25) is 4.79 Å². The van der Waals surface area contributed by atoms with E-state index in [2.05, 4.69) is 5.10 Å². The van der Waals surface area contributed by atoms with Crippen molar-refractivity contribution >= 4 is 17.5 Å². The highest BCUT2D eigenvalue weighted by atomic mass is 35.5. The van der Waals surface area contributed by atoms with E-state index < -0.39 is 12.5 Å². The van der Waals surface area contributed by atoms with Crippen LogP contribution in [0.1, 0.15) is 16.9 Å². The molecule has 1 amide bonds. The van der Waals surface area contributed by atoms with Gasteiger partial charge in [-0.25, -0.2) is 4.68 Å². The lowest BCUT2D eigenvalue weighted by Crippen LogP contribution is -2.10. The van der Waals surface area contributed by atoms with Crippen molar-refractivity contribution in [2.24, 2.45) is 5.73 Å². The molecule has 12 heavy (non-hydrogen) atoms. The van der Waals surface area contributed by atoms with Gasteiger partial charge < -0.3 is 5.73 Å². The van der Waals surface area contributed by atoms with Crippen LogP contribution in [0.25, 0.3) is 0 Å². The number of carbonyl (C=O) groups excluding carboxylic acids is 1. The minimum absolute atomic E-state index is 0.211. The molecule has 0 unspecified atom stereocenters. The summed E-state index contributed by atoms with van der Waals surface area (Å²) in [5.41, 5.74) is 4.60. The average molecular weight is 196 g/mol. The molecule has 1 heterocycles. The number of nitrogens with two attached hydrogens (primary N) is 1. The Hall–Kier alpha value is -1.17.